The monoisotopic (exact) mass is 304 g/mol. The van der Waals surface area contributed by atoms with Crippen molar-refractivity contribution >= 4 is 29.1 Å². The number of nitrogens with zero attached hydrogens (tertiary/aromatic N) is 1. The second-order valence-electron chi connectivity index (χ2n) is 4.97. The van der Waals surface area contributed by atoms with Gasteiger partial charge in [-0.15, -0.1) is 0 Å². The molecule has 2 N–H and O–H groups in total. The van der Waals surface area contributed by atoms with Gasteiger partial charge >= 0.3 is 0 Å². The Morgan fingerprint density at radius 2 is 2.16 bits per heavy atom. The lowest BCUT2D eigenvalue weighted by atomic mass is 9.96. The molecule has 0 saturated carbocycles. The quantitative estimate of drug-likeness (QED) is 0.810. The zero-order valence-electron chi connectivity index (χ0n) is 10.5. The molecular formula is C13H15Cl2FN2O. The summed E-state index contributed by atoms with van der Waals surface area (Å²) in [4.78, 5) is 14.0. The lowest BCUT2D eigenvalue weighted by Crippen LogP contribution is -2.53. The van der Waals surface area contributed by atoms with E-state index in [4.69, 9.17) is 28.9 Å². The van der Waals surface area contributed by atoms with Crippen molar-refractivity contribution in [3.63, 3.8) is 0 Å². The van der Waals surface area contributed by atoms with Gasteiger partial charge in [-0.25, -0.2) is 4.39 Å². The molecule has 1 aromatic carbocycles. The minimum absolute atomic E-state index is 0.139. The van der Waals surface area contributed by atoms with E-state index in [0.29, 0.717) is 22.2 Å². The number of amides is 1. The normalized spacial score (nSPS) is 27.4. The highest BCUT2D eigenvalue weighted by Crippen LogP contribution is 2.28. The summed E-state index contributed by atoms with van der Waals surface area (Å²) in [5.74, 6) is -1.87. The Balaban J connectivity index is 2.18. The third-order valence-electron chi connectivity index (χ3n) is 3.36. The third kappa shape index (κ3) is 3.19. The van der Waals surface area contributed by atoms with E-state index in [2.05, 4.69) is 0 Å². The van der Waals surface area contributed by atoms with Gasteiger partial charge in [0.2, 0.25) is 0 Å². The van der Waals surface area contributed by atoms with Crippen LogP contribution in [0.3, 0.4) is 0 Å². The van der Waals surface area contributed by atoms with Crippen molar-refractivity contribution < 1.29 is 9.18 Å². The van der Waals surface area contributed by atoms with Crippen LogP contribution in [0.5, 0.6) is 0 Å². The molecule has 0 aliphatic carbocycles. The SMILES string of the molecule is CC1CC(N)(F)CCN1C(=O)c1ccc(Cl)c(Cl)c1. The number of hydrogen-bond acceptors (Lipinski definition) is 2. The summed E-state index contributed by atoms with van der Waals surface area (Å²) in [6, 6.07) is 4.47. The first-order chi connectivity index (χ1) is 8.80. The van der Waals surface area contributed by atoms with Crippen LogP contribution in [0.25, 0.3) is 0 Å². The zero-order chi connectivity index (χ0) is 14.2. The molecule has 3 nitrogen and oxygen atoms in total. The van der Waals surface area contributed by atoms with Gasteiger partial charge in [-0.05, 0) is 25.1 Å². The smallest absolute Gasteiger partial charge is 0.254 e. The van der Waals surface area contributed by atoms with Crippen LogP contribution >= 0.6 is 23.2 Å². The van der Waals surface area contributed by atoms with E-state index < -0.39 is 5.79 Å². The number of carbonyl (C=O) groups is 1. The predicted octanol–water partition coefficient (Wildman–Crippen LogP) is 3.24. The van der Waals surface area contributed by atoms with E-state index >= 15 is 0 Å². The molecule has 0 radical (unpaired) electrons. The van der Waals surface area contributed by atoms with E-state index in [9.17, 15) is 9.18 Å². The first-order valence-electron chi connectivity index (χ1n) is 6.04. The van der Waals surface area contributed by atoms with Gasteiger partial charge in [0.15, 0.2) is 5.79 Å². The van der Waals surface area contributed by atoms with Crippen LogP contribution in [-0.4, -0.2) is 29.2 Å². The van der Waals surface area contributed by atoms with Gasteiger partial charge < -0.3 is 4.90 Å². The molecule has 2 rings (SSSR count). The molecule has 6 heteroatoms. The molecule has 1 aliphatic rings. The van der Waals surface area contributed by atoms with Crippen molar-refractivity contribution in [1.82, 2.24) is 4.90 Å². The average molecular weight is 305 g/mol. The summed E-state index contributed by atoms with van der Waals surface area (Å²) >= 11 is 11.7. The fourth-order valence-corrected chi connectivity index (χ4v) is 2.62. The Morgan fingerprint density at radius 3 is 2.74 bits per heavy atom. The summed E-state index contributed by atoms with van der Waals surface area (Å²) < 4.78 is 13.7. The van der Waals surface area contributed by atoms with Gasteiger partial charge in [0, 0.05) is 31.0 Å². The van der Waals surface area contributed by atoms with Crippen molar-refractivity contribution in [3.8, 4) is 0 Å². The number of piperidine rings is 1. The maximum Gasteiger partial charge on any atom is 0.254 e. The fraction of sp³-hybridized carbons (Fsp3) is 0.462. The number of benzene rings is 1. The highest BCUT2D eigenvalue weighted by molar-refractivity contribution is 6.42. The average Bonchev–Trinajstić information content (AvgIpc) is 2.31. The first-order valence-corrected chi connectivity index (χ1v) is 6.79. The van der Waals surface area contributed by atoms with Gasteiger partial charge in [0.1, 0.15) is 0 Å². The second-order valence-corrected chi connectivity index (χ2v) is 5.78. The molecule has 1 heterocycles. The Hall–Kier alpha value is -0.840. The largest absolute Gasteiger partial charge is 0.336 e. The molecule has 1 amide bonds. The van der Waals surface area contributed by atoms with E-state index in [0.717, 1.165) is 0 Å². The first kappa shape index (κ1) is 14.6. The van der Waals surface area contributed by atoms with Crippen LogP contribution in [0.15, 0.2) is 18.2 Å². The maximum atomic E-state index is 13.7. The van der Waals surface area contributed by atoms with Crippen molar-refractivity contribution in [1.29, 1.82) is 0 Å². The number of alkyl halides is 1. The Morgan fingerprint density at radius 1 is 1.47 bits per heavy atom. The summed E-state index contributed by atoms with van der Waals surface area (Å²) in [6.45, 7) is 2.09. The number of carbonyl (C=O) groups excluding carboxylic acids is 1. The predicted molar refractivity (Wildman–Crippen MR) is 74.2 cm³/mol. The van der Waals surface area contributed by atoms with Crippen LogP contribution in [0.1, 0.15) is 30.1 Å². The van der Waals surface area contributed by atoms with Gasteiger partial charge in [-0.1, -0.05) is 23.2 Å². The van der Waals surface area contributed by atoms with Crippen LogP contribution < -0.4 is 5.73 Å². The summed E-state index contributed by atoms with van der Waals surface area (Å²) in [5.41, 5.74) is 5.92. The van der Waals surface area contributed by atoms with Gasteiger partial charge in [0.25, 0.3) is 5.91 Å². The van der Waals surface area contributed by atoms with E-state index in [1.165, 1.54) is 6.07 Å². The number of halogens is 3. The molecule has 19 heavy (non-hydrogen) atoms. The summed E-state index contributed by atoms with van der Waals surface area (Å²) in [7, 11) is 0. The van der Waals surface area contributed by atoms with E-state index in [1.807, 2.05) is 0 Å². The maximum absolute atomic E-state index is 13.7. The Labute approximate surface area is 121 Å². The molecule has 2 unspecified atom stereocenters. The lowest BCUT2D eigenvalue weighted by molar-refractivity contribution is 0.0247. The van der Waals surface area contributed by atoms with Crippen LogP contribution in [-0.2, 0) is 0 Å². The molecule has 2 atom stereocenters. The van der Waals surface area contributed by atoms with Gasteiger partial charge in [-0.3, -0.25) is 10.5 Å². The highest BCUT2D eigenvalue weighted by Gasteiger charge is 2.37. The Kier molecular flexibility index (Phi) is 4.04. The molecule has 1 fully saturated rings. The van der Waals surface area contributed by atoms with Crippen molar-refractivity contribution in [3.05, 3.63) is 33.8 Å². The molecule has 0 bridgehead atoms. The molecule has 1 aromatic rings. The van der Waals surface area contributed by atoms with Crippen molar-refractivity contribution in [2.24, 2.45) is 5.73 Å². The second kappa shape index (κ2) is 5.27. The van der Waals surface area contributed by atoms with Crippen LogP contribution in [0.4, 0.5) is 4.39 Å². The fourth-order valence-electron chi connectivity index (χ4n) is 2.33. The van der Waals surface area contributed by atoms with Gasteiger partial charge in [0.05, 0.1) is 10.0 Å². The van der Waals surface area contributed by atoms with Crippen molar-refractivity contribution in [2.45, 2.75) is 31.6 Å². The number of hydrogen-bond donors (Lipinski definition) is 1. The molecular weight excluding hydrogens is 290 g/mol. The molecule has 0 aromatic heterocycles. The summed E-state index contributed by atoms with van der Waals surface area (Å²) in [6.07, 6.45) is 0.282. The summed E-state index contributed by atoms with van der Waals surface area (Å²) in [5, 5.41) is 0.727. The van der Waals surface area contributed by atoms with E-state index in [1.54, 1.807) is 24.0 Å². The topological polar surface area (TPSA) is 46.3 Å². The van der Waals surface area contributed by atoms with E-state index in [-0.39, 0.29) is 24.8 Å². The lowest BCUT2D eigenvalue weighted by Gasteiger charge is -2.39. The minimum Gasteiger partial charge on any atom is -0.336 e. The van der Waals surface area contributed by atoms with Crippen molar-refractivity contribution in [2.75, 3.05) is 6.54 Å². The van der Waals surface area contributed by atoms with Crippen LogP contribution in [0, 0.1) is 0 Å². The number of likely N-dealkylation sites (tertiary alicyclic amines) is 1. The molecule has 1 aliphatic heterocycles. The standard InChI is InChI=1S/C13H15Cl2FN2O/c1-8-7-13(16,17)4-5-18(8)12(19)9-2-3-10(14)11(15)6-9/h2-3,6,8H,4-5,7,17H2,1H3. The molecule has 1 saturated heterocycles. The molecule has 0 spiro atoms. The third-order valence-corrected chi connectivity index (χ3v) is 4.10. The Bertz CT molecular complexity index is 507. The number of rotatable bonds is 1. The highest BCUT2D eigenvalue weighted by atomic mass is 35.5. The molecule has 104 valence electrons. The zero-order valence-corrected chi connectivity index (χ0v) is 12.0. The minimum atomic E-state index is -1.69. The van der Waals surface area contributed by atoms with Gasteiger partial charge in [-0.2, -0.15) is 0 Å². The van der Waals surface area contributed by atoms with Crippen LogP contribution in [0.2, 0.25) is 10.0 Å². The number of nitrogens with two attached hydrogens (primary N) is 1.